The molecule has 0 spiro atoms. The smallest absolute Gasteiger partial charge is 0.314 e. The molecule has 1 fully saturated rings. The van der Waals surface area contributed by atoms with E-state index in [0.29, 0.717) is 18.3 Å². The van der Waals surface area contributed by atoms with Gasteiger partial charge in [-0.05, 0) is 37.6 Å². The second kappa shape index (κ2) is 5.68. The lowest BCUT2D eigenvalue weighted by Crippen LogP contribution is -2.42. The summed E-state index contributed by atoms with van der Waals surface area (Å²) in [5.41, 5.74) is -0.0692. The van der Waals surface area contributed by atoms with Crippen LogP contribution in [0.4, 0.5) is 5.69 Å². The summed E-state index contributed by atoms with van der Waals surface area (Å²) in [6.07, 6.45) is 0.965. The highest BCUT2D eigenvalue weighted by Crippen LogP contribution is 2.30. The molecule has 1 saturated heterocycles. The van der Waals surface area contributed by atoms with Gasteiger partial charge in [-0.1, -0.05) is 0 Å². The predicted octanol–water partition coefficient (Wildman–Crippen LogP) is 1.59. The van der Waals surface area contributed by atoms with Crippen LogP contribution in [0, 0.1) is 16.0 Å². The van der Waals surface area contributed by atoms with Gasteiger partial charge in [-0.2, -0.15) is 0 Å². The molecule has 2 rings (SSSR count). The van der Waals surface area contributed by atoms with Crippen LogP contribution in [0.5, 0.6) is 11.5 Å². The quantitative estimate of drug-likeness (QED) is 0.614. The molecule has 1 N–H and O–H groups in total. The Bertz CT molecular complexity index is 432. The van der Waals surface area contributed by atoms with E-state index in [0.717, 1.165) is 19.5 Å². The first-order valence-corrected chi connectivity index (χ1v) is 5.86. The molecule has 1 aromatic rings. The lowest BCUT2D eigenvalue weighted by atomic mass is 10.0. The maximum absolute atomic E-state index is 10.8. The molecule has 0 radical (unpaired) electrons. The lowest BCUT2D eigenvalue weighted by molar-refractivity contribution is -0.385. The van der Waals surface area contributed by atoms with Crippen LogP contribution in [0.2, 0.25) is 0 Å². The minimum atomic E-state index is -0.471. The van der Waals surface area contributed by atoms with E-state index < -0.39 is 4.92 Å². The largest absolute Gasteiger partial charge is 0.493 e. The van der Waals surface area contributed by atoms with Crippen molar-refractivity contribution in [3.8, 4) is 11.5 Å². The molecule has 0 aromatic heterocycles. The maximum Gasteiger partial charge on any atom is 0.314 e. The number of ether oxygens (including phenoxy) is 2. The molecule has 1 aliphatic rings. The number of rotatable bonds is 6. The van der Waals surface area contributed by atoms with E-state index >= 15 is 0 Å². The van der Waals surface area contributed by atoms with Crippen molar-refractivity contribution in [2.45, 2.75) is 6.42 Å². The topological polar surface area (TPSA) is 73.6 Å². The fourth-order valence-electron chi connectivity index (χ4n) is 1.80. The third-order valence-corrected chi connectivity index (χ3v) is 3.01. The molecular weight excluding hydrogens is 236 g/mol. The van der Waals surface area contributed by atoms with Gasteiger partial charge in [-0.25, -0.2) is 0 Å². The molecule has 0 bridgehead atoms. The molecule has 1 aliphatic heterocycles. The molecule has 0 unspecified atom stereocenters. The summed E-state index contributed by atoms with van der Waals surface area (Å²) < 4.78 is 10.4. The fourth-order valence-corrected chi connectivity index (χ4v) is 1.80. The summed E-state index contributed by atoms with van der Waals surface area (Å²) in [6.45, 7) is 2.65. The second-order valence-corrected chi connectivity index (χ2v) is 4.25. The number of nitro benzene ring substituents is 1. The molecule has 0 aliphatic carbocycles. The molecule has 18 heavy (non-hydrogen) atoms. The van der Waals surface area contributed by atoms with Gasteiger partial charge < -0.3 is 14.8 Å². The van der Waals surface area contributed by atoms with Gasteiger partial charge in [0.1, 0.15) is 5.75 Å². The maximum atomic E-state index is 10.8. The van der Waals surface area contributed by atoms with Crippen molar-refractivity contribution in [1.29, 1.82) is 0 Å². The number of hydrogen-bond acceptors (Lipinski definition) is 5. The summed E-state index contributed by atoms with van der Waals surface area (Å²) in [5, 5.41) is 14.0. The third-order valence-electron chi connectivity index (χ3n) is 3.01. The zero-order chi connectivity index (χ0) is 13.0. The second-order valence-electron chi connectivity index (χ2n) is 4.25. The number of benzene rings is 1. The van der Waals surface area contributed by atoms with Crippen molar-refractivity contribution in [2.75, 3.05) is 26.8 Å². The van der Waals surface area contributed by atoms with E-state index in [1.54, 1.807) is 12.1 Å². The standard InChI is InChI=1S/C12H16N2O4/c1-17-12-3-2-10(6-11(12)14(15)16)18-5-4-9-7-13-8-9/h2-3,6,9,13H,4-5,7-8H2,1H3. The molecule has 0 amide bonds. The van der Waals surface area contributed by atoms with Crippen molar-refractivity contribution in [3.63, 3.8) is 0 Å². The van der Waals surface area contributed by atoms with Crippen molar-refractivity contribution >= 4 is 5.69 Å². The van der Waals surface area contributed by atoms with Crippen LogP contribution in [0.25, 0.3) is 0 Å². The molecule has 0 saturated carbocycles. The highest BCUT2D eigenvalue weighted by atomic mass is 16.6. The van der Waals surface area contributed by atoms with Gasteiger partial charge in [0.15, 0.2) is 5.75 Å². The predicted molar refractivity (Wildman–Crippen MR) is 66.1 cm³/mol. The van der Waals surface area contributed by atoms with Crippen LogP contribution < -0.4 is 14.8 Å². The van der Waals surface area contributed by atoms with Gasteiger partial charge in [-0.3, -0.25) is 10.1 Å². The monoisotopic (exact) mass is 252 g/mol. The molecule has 6 nitrogen and oxygen atoms in total. The van der Waals surface area contributed by atoms with E-state index in [1.807, 2.05) is 0 Å². The number of nitrogens with one attached hydrogen (secondary N) is 1. The van der Waals surface area contributed by atoms with Crippen LogP contribution in [0.15, 0.2) is 18.2 Å². The van der Waals surface area contributed by atoms with Crippen LogP contribution in [0.3, 0.4) is 0 Å². The average Bonchev–Trinajstić information content (AvgIpc) is 2.32. The first kappa shape index (κ1) is 12.6. The van der Waals surface area contributed by atoms with Crippen molar-refractivity contribution < 1.29 is 14.4 Å². The molecule has 1 aromatic carbocycles. The lowest BCUT2D eigenvalue weighted by Gasteiger charge is -2.26. The summed E-state index contributed by atoms with van der Waals surface area (Å²) in [7, 11) is 1.41. The zero-order valence-corrected chi connectivity index (χ0v) is 10.2. The van der Waals surface area contributed by atoms with Gasteiger partial charge in [0.05, 0.1) is 24.7 Å². The number of nitro groups is 1. The first-order chi connectivity index (χ1) is 8.70. The van der Waals surface area contributed by atoms with E-state index in [4.69, 9.17) is 9.47 Å². The van der Waals surface area contributed by atoms with Gasteiger partial charge in [0.2, 0.25) is 0 Å². The van der Waals surface area contributed by atoms with Crippen molar-refractivity contribution in [3.05, 3.63) is 28.3 Å². The van der Waals surface area contributed by atoms with E-state index in [2.05, 4.69) is 5.32 Å². The van der Waals surface area contributed by atoms with Gasteiger partial charge in [-0.15, -0.1) is 0 Å². The van der Waals surface area contributed by atoms with E-state index in [1.165, 1.54) is 13.2 Å². The molecule has 0 atom stereocenters. The van der Waals surface area contributed by atoms with Crippen molar-refractivity contribution in [2.24, 2.45) is 5.92 Å². The summed E-state index contributed by atoms with van der Waals surface area (Å²) in [5.74, 6) is 1.42. The highest BCUT2D eigenvalue weighted by Gasteiger charge is 2.18. The highest BCUT2D eigenvalue weighted by molar-refractivity contribution is 5.50. The van der Waals surface area contributed by atoms with Crippen LogP contribution >= 0.6 is 0 Å². The van der Waals surface area contributed by atoms with E-state index in [9.17, 15) is 10.1 Å². The molecule has 98 valence electrons. The Labute approximate surface area is 105 Å². The molecule has 1 heterocycles. The molecular formula is C12H16N2O4. The SMILES string of the molecule is COc1ccc(OCCC2CNC2)cc1[N+](=O)[O-]. The summed E-state index contributed by atoms with van der Waals surface area (Å²) >= 11 is 0. The average molecular weight is 252 g/mol. The van der Waals surface area contributed by atoms with Crippen LogP contribution in [-0.4, -0.2) is 31.7 Å². The van der Waals surface area contributed by atoms with E-state index in [-0.39, 0.29) is 11.4 Å². The Morgan fingerprint density at radius 1 is 1.50 bits per heavy atom. The van der Waals surface area contributed by atoms with Crippen LogP contribution in [0.1, 0.15) is 6.42 Å². The minimum absolute atomic E-state index is 0.0692. The third kappa shape index (κ3) is 2.89. The number of hydrogen-bond donors (Lipinski definition) is 1. The van der Waals surface area contributed by atoms with Gasteiger partial charge >= 0.3 is 5.69 Å². The van der Waals surface area contributed by atoms with Gasteiger partial charge in [0.25, 0.3) is 0 Å². The summed E-state index contributed by atoms with van der Waals surface area (Å²) in [6, 6.07) is 4.64. The Morgan fingerprint density at radius 3 is 2.83 bits per heavy atom. The van der Waals surface area contributed by atoms with Gasteiger partial charge in [0, 0.05) is 0 Å². The Hall–Kier alpha value is -1.82. The molecule has 6 heteroatoms. The Balaban J connectivity index is 1.95. The Morgan fingerprint density at radius 2 is 2.28 bits per heavy atom. The van der Waals surface area contributed by atoms with Crippen LogP contribution in [-0.2, 0) is 0 Å². The normalized spacial score (nSPS) is 14.9. The number of methoxy groups -OCH3 is 1. The Kier molecular flexibility index (Phi) is 3.99. The van der Waals surface area contributed by atoms with Crippen molar-refractivity contribution in [1.82, 2.24) is 5.32 Å². The zero-order valence-electron chi connectivity index (χ0n) is 10.2. The summed E-state index contributed by atoms with van der Waals surface area (Å²) in [4.78, 5) is 10.4. The first-order valence-electron chi connectivity index (χ1n) is 5.86. The minimum Gasteiger partial charge on any atom is -0.493 e. The fraction of sp³-hybridized carbons (Fsp3) is 0.500. The number of nitrogens with zero attached hydrogens (tertiary/aromatic N) is 1.